The van der Waals surface area contributed by atoms with Gasteiger partial charge in [0.1, 0.15) is 17.2 Å². The number of carbonyl (C=O) groups excluding carboxylic acids is 11. The lowest BCUT2D eigenvalue weighted by Crippen LogP contribution is -2.27. The third kappa shape index (κ3) is 44.3. The molecule has 11 amide bonds. The molecule has 0 spiro atoms. The standard InChI is InChI=1S/C13H20N2O2.C11H16N2O2.C10H14N2O2.8C9H12N2O/c1-5-8-15(3)13(16)11-9-10(14-2)6-7-12(11)17-4;1-12-8-5-6-10(15-4)9(7-8)11(14)13(2)3;1-11-7-4-5-9(14-3)8(6-7)10(13)12-2;8*1-10-8-5-3-4-7(6-8)9(12)11-2/h6-7,9,14H,5,8H2,1-4H3;5-7,12H,1-4H3;4-6,11H,1-3H3,(H,12,13);8*3-6,10H,1-2H3,(H,11,12). The molecule has 0 unspecified atom stereocenters. The van der Waals surface area contributed by atoms with Gasteiger partial charge in [-0.05, 0) is 207 Å². The number of hydrogen-bond acceptors (Lipinski definition) is 25. The van der Waals surface area contributed by atoms with Gasteiger partial charge in [0, 0.05) is 276 Å². The number of nitrogens with zero attached hydrogens (tertiary/aromatic N) is 2. The Balaban J connectivity index is 0.000000782. The van der Waals surface area contributed by atoms with Gasteiger partial charge in [-0.15, -0.1) is 0 Å². The van der Waals surface area contributed by atoms with E-state index in [1.165, 1.54) is 4.90 Å². The Morgan fingerprint density at radius 3 is 0.528 bits per heavy atom. The molecule has 0 aliphatic heterocycles. The van der Waals surface area contributed by atoms with Crippen molar-refractivity contribution in [3.63, 3.8) is 0 Å². The molecule has 11 aromatic carbocycles. The number of nitrogens with one attached hydrogen (secondary N) is 20. The van der Waals surface area contributed by atoms with Gasteiger partial charge in [-0.1, -0.05) is 55.5 Å². The Labute approximate surface area is 836 Å². The lowest BCUT2D eigenvalue weighted by molar-refractivity contribution is 0.0788. The normalized spacial score (nSPS) is 9.32. The van der Waals surface area contributed by atoms with Crippen molar-refractivity contribution in [1.82, 2.24) is 57.7 Å². The first-order valence-corrected chi connectivity index (χ1v) is 44.9. The molecule has 11 rings (SSSR count). The summed E-state index contributed by atoms with van der Waals surface area (Å²) in [4.78, 5) is 128. The van der Waals surface area contributed by atoms with Crippen molar-refractivity contribution in [2.75, 3.05) is 248 Å². The smallest absolute Gasteiger partial charge is 0.257 e. The van der Waals surface area contributed by atoms with Crippen LogP contribution >= 0.6 is 0 Å². The molecule has 0 aliphatic carbocycles. The first-order valence-electron chi connectivity index (χ1n) is 44.9. The summed E-state index contributed by atoms with van der Waals surface area (Å²) >= 11 is 0. The van der Waals surface area contributed by atoms with E-state index in [2.05, 4.69) is 106 Å². The second kappa shape index (κ2) is 70.4. The van der Waals surface area contributed by atoms with Crippen molar-refractivity contribution in [2.45, 2.75) is 13.3 Å². The van der Waals surface area contributed by atoms with Crippen molar-refractivity contribution >= 4 is 128 Å². The predicted molar refractivity (Wildman–Crippen MR) is 581 cm³/mol. The minimum absolute atomic E-state index is 0.0131. The predicted octanol–water partition coefficient (Wildman–Crippen LogP) is 13.5. The van der Waals surface area contributed by atoms with E-state index in [0.29, 0.717) is 78.4 Å². The van der Waals surface area contributed by atoms with Crippen LogP contribution in [0, 0.1) is 0 Å². The Hall–Kier alpha value is -17.2. The number of methoxy groups -OCH3 is 3. The van der Waals surface area contributed by atoms with Crippen LogP contribution in [0.1, 0.15) is 127 Å². The number of amides is 11. The maximum atomic E-state index is 12.2. The average Bonchev–Trinajstić information content (AvgIpc) is 0.800. The van der Waals surface area contributed by atoms with Crippen LogP contribution in [-0.4, -0.2) is 265 Å². The Morgan fingerprint density at radius 1 is 0.211 bits per heavy atom. The summed E-state index contributed by atoms with van der Waals surface area (Å²) in [5, 5.41) is 55.8. The molecular formula is C106H146N22O14. The molecule has 0 saturated carbocycles. The van der Waals surface area contributed by atoms with Gasteiger partial charge in [-0.25, -0.2) is 0 Å². The Morgan fingerprint density at radius 2 is 0.373 bits per heavy atom. The molecule has 0 fully saturated rings. The van der Waals surface area contributed by atoms with E-state index in [0.717, 1.165) is 75.5 Å². The third-order valence-corrected chi connectivity index (χ3v) is 19.8. The zero-order valence-electron chi connectivity index (χ0n) is 86.7. The van der Waals surface area contributed by atoms with E-state index in [1.807, 2.05) is 199 Å². The van der Waals surface area contributed by atoms with Crippen LogP contribution in [0.15, 0.2) is 249 Å². The second-order valence-electron chi connectivity index (χ2n) is 29.3. The molecule has 0 aromatic heterocycles. The van der Waals surface area contributed by atoms with Crippen LogP contribution in [0.2, 0.25) is 0 Å². The number of benzene rings is 11. The molecule has 36 heteroatoms. The topological polar surface area (TPSA) is 463 Å². The van der Waals surface area contributed by atoms with Gasteiger partial charge >= 0.3 is 0 Å². The molecule has 0 atom stereocenters. The lowest BCUT2D eigenvalue weighted by Gasteiger charge is -2.18. The molecule has 0 saturated heterocycles. The van der Waals surface area contributed by atoms with Gasteiger partial charge in [0.05, 0.1) is 38.0 Å². The molecule has 142 heavy (non-hydrogen) atoms. The quantitative estimate of drug-likeness (QED) is 0.0227. The zero-order chi connectivity index (χ0) is 107. The lowest BCUT2D eigenvalue weighted by atomic mass is 10.1. The first kappa shape index (κ1) is 123. The number of hydrogen-bond donors (Lipinski definition) is 20. The first-order chi connectivity index (χ1) is 68.1. The fourth-order valence-electron chi connectivity index (χ4n) is 11.8. The Bertz CT molecular complexity index is 5030. The number of carbonyl (C=O) groups is 11. The highest BCUT2D eigenvalue weighted by Gasteiger charge is 2.19. The molecular weight excluding hydrogens is 1810 g/mol. The molecule has 20 N–H and O–H groups in total. The number of ether oxygens (including phenoxy) is 3. The highest BCUT2D eigenvalue weighted by atomic mass is 16.5. The maximum absolute atomic E-state index is 12.2. The summed E-state index contributed by atoms with van der Waals surface area (Å²) < 4.78 is 15.4. The van der Waals surface area contributed by atoms with Crippen LogP contribution in [-0.2, 0) is 0 Å². The molecule has 0 radical (unpaired) electrons. The van der Waals surface area contributed by atoms with E-state index < -0.39 is 0 Å². The Kier molecular flexibility index (Phi) is 60.9. The summed E-state index contributed by atoms with van der Waals surface area (Å²) in [5.41, 5.74) is 17.2. The highest BCUT2D eigenvalue weighted by Crippen LogP contribution is 2.27. The zero-order valence-corrected chi connectivity index (χ0v) is 86.7. The molecule has 0 heterocycles. The van der Waals surface area contributed by atoms with Crippen molar-refractivity contribution in [1.29, 1.82) is 0 Å². The summed E-state index contributed by atoms with van der Waals surface area (Å²) in [7, 11) is 44.5. The summed E-state index contributed by atoms with van der Waals surface area (Å²) in [6.45, 7) is 2.79. The van der Waals surface area contributed by atoms with Crippen LogP contribution < -0.4 is 121 Å². The van der Waals surface area contributed by atoms with E-state index in [1.54, 1.807) is 245 Å². The summed E-state index contributed by atoms with van der Waals surface area (Å²) in [6, 6.07) is 75.0. The molecule has 0 aliphatic rings. The fraction of sp³-hybridized carbons (Fsp3) is 0.274. The minimum Gasteiger partial charge on any atom is -0.496 e. The summed E-state index contributed by atoms with van der Waals surface area (Å²) in [5.74, 6) is 1.04. The van der Waals surface area contributed by atoms with E-state index in [-0.39, 0.29) is 65.0 Å². The second-order valence-corrected chi connectivity index (χ2v) is 29.3. The monoisotopic (exact) mass is 1950 g/mol. The van der Waals surface area contributed by atoms with Crippen molar-refractivity contribution in [2.24, 2.45) is 0 Å². The number of rotatable bonds is 27. The highest BCUT2D eigenvalue weighted by molar-refractivity contribution is 6.02. The van der Waals surface area contributed by atoms with Gasteiger partial charge in [0.25, 0.3) is 65.0 Å². The van der Waals surface area contributed by atoms with Gasteiger partial charge in [0.2, 0.25) is 0 Å². The van der Waals surface area contributed by atoms with Crippen LogP contribution in [0.25, 0.3) is 0 Å². The number of anilines is 11. The van der Waals surface area contributed by atoms with Crippen molar-refractivity contribution in [3.8, 4) is 17.2 Å². The molecule has 36 nitrogen and oxygen atoms in total. The van der Waals surface area contributed by atoms with Gasteiger partial charge in [0.15, 0.2) is 0 Å². The van der Waals surface area contributed by atoms with E-state index in [4.69, 9.17) is 14.2 Å². The van der Waals surface area contributed by atoms with Gasteiger partial charge in [-0.3, -0.25) is 52.7 Å². The minimum atomic E-state index is -0.154. The van der Waals surface area contributed by atoms with Gasteiger partial charge < -0.3 is 130 Å². The van der Waals surface area contributed by atoms with Crippen LogP contribution in [0.3, 0.4) is 0 Å². The summed E-state index contributed by atoms with van der Waals surface area (Å²) in [6.07, 6.45) is 0.941. The fourth-order valence-corrected chi connectivity index (χ4v) is 11.8. The average molecular weight is 1950 g/mol. The van der Waals surface area contributed by atoms with Gasteiger partial charge in [-0.2, -0.15) is 0 Å². The van der Waals surface area contributed by atoms with Crippen LogP contribution in [0.5, 0.6) is 17.2 Å². The molecule has 764 valence electrons. The van der Waals surface area contributed by atoms with Crippen LogP contribution in [0.4, 0.5) is 62.6 Å². The largest absolute Gasteiger partial charge is 0.496 e. The third-order valence-electron chi connectivity index (χ3n) is 19.8. The van der Waals surface area contributed by atoms with E-state index in [9.17, 15) is 52.7 Å². The SMILES string of the molecule is CCCN(C)C(=O)c1cc(NC)ccc1OC.CNC(=O)c1cc(NC)ccc1OC.CNC(=O)c1cccc(NC)c1.CNC(=O)c1cccc(NC)c1.CNC(=O)c1cccc(NC)c1.CNC(=O)c1cccc(NC)c1.CNC(=O)c1cccc(NC)c1.CNC(=O)c1cccc(NC)c1.CNC(=O)c1cccc(NC)c1.CNC(=O)c1cccc(NC)c1.CNc1ccc(OC)c(C(=O)N(C)C)c1. The molecule has 11 aromatic rings. The van der Waals surface area contributed by atoms with Crippen molar-refractivity contribution < 1.29 is 67.0 Å². The maximum Gasteiger partial charge on any atom is 0.257 e. The van der Waals surface area contributed by atoms with E-state index >= 15 is 0 Å². The molecule has 0 bridgehead atoms. The van der Waals surface area contributed by atoms with Crippen molar-refractivity contribution in [3.05, 3.63) is 310 Å².